The van der Waals surface area contributed by atoms with Crippen LogP contribution in [-0.2, 0) is 12.8 Å². The Hall–Kier alpha value is -1.01. The van der Waals surface area contributed by atoms with Gasteiger partial charge in [0, 0.05) is 4.88 Å². The second-order valence-corrected chi connectivity index (χ2v) is 6.29. The van der Waals surface area contributed by atoms with Gasteiger partial charge in [-0.1, -0.05) is 6.92 Å². The number of nitrogens with two attached hydrogens (primary N) is 1. The molecule has 0 spiro atoms. The molecule has 1 atom stereocenters. The van der Waals surface area contributed by atoms with Crippen molar-refractivity contribution in [2.75, 3.05) is 13.1 Å². The van der Waals surface area contributed by atoms with Crippen LogP contribution >= 0.6 is 11.3 Å². The number of nitrogens with one attached hydrogen (secondary N) is 1. The van der Waals surface area contributed by atoms with Crippen LogP contribution in [0.2, 0.25) is 0 Å². The summed E-state index contributed by atoms with van der Waals surface area (Å²) < 4.78 is 25.9. The summed E-state index contributed by atoms with van der Waals surface area (Å²) >= 11 is 1.42. The van der Waals surface area contributed by atoms with E-state index in [2.05, 4.69) is 12.2 Å². The van der Waals surface area contributed by atoms with Crippen LogP contribution in [0, 0.1) is 5.92 Å². The first-order chi connectivity index (χ1) is 8.91. The van der Waals surface area contributed by atoms with Gasteiger partial charge >= 0.3 is 0 Å². The number of alkyl halides is 2. The second kappa shape index (κ2) is 5.54. The number of hydrogen-bond donors (Lipinski definition) is 2. The van der Waals surface area contributed by atoms with E-state index in [1.165, 1.54) is 21.8 Å². The highest BCUT2D eigenvalue weighted by molar-refractivity contribution is 7.14. The molecule has 3 N–H and O–H groups in total. The molecule has 19 heavy (non-hydrogen) atoms. The predicted molar refractivity (Wildman–Crippen MR) is 71.8 cm³/mol. The van der Waals surface area contributed by atoms with E-state index < -0.39 is 24.9 Å². The van der Waals surface area contributed by atoms with Crippen molar-refractivity contribution >= 4 is 17.2 Å². The van der Waals surface area contributed by atoms with E-state index in [9.17, 15) is 13.6 Å². The summed E-state index contributed by atoms with van der Waals surface area (Å²) in [5.74, 6) is -2.85. The average Bonchev–Trinajstić information content (AvgIpc) is 2.79. The highest BCUT2D eigenvalue weighted by atomic mass is 32.1. The highest BCUT2D eigenvalue weighted by Gasteiger charge is 2.28. The van der Waals surface area contributed by atoms with Crippen LogP contribution in [0.25, 0.3) is 0 Å². The monoisotopic (exact) mass is 288 g/mol. The summed E-state index contributed by atoms with van der Waals surface area (Å²) in [5.41, 5.74) is 6.12. The molecule has 0 saturated carbocycles. The zero-order chi connectivity index (χ0) is 14.0. The topological polar surface area (TPSA) is 55.1 Å². The summed E-state index contributed by atoms with van der Waals surface area (Å²) in [7, 11) is 0. The minimum absolute atomic E-state index is 0.430. The van der Waals surface area contributed by atoms with Crippen molar-refractivity contribution in [3.63, 3.8) is 0 Å². The van der Waals surface area contributed by atoms with E-state index >= 15 is 0 Å². The van der Waals surface area contributed by atoms with Crippen LogP contribution in [-0.4, -0.2) is 24.9 Å². The first-order valence-corrected chi connectivity index (χ1v) is 7.20. The number of fused-ring (bicyclic) bond motifs is 1. The molecule has 0 bridgehead atoms. The highest BCUT2D eigenvalue weighted by Crippen LogP contribution is 2.32. The van der Waals surface area contributed by atoms with Crippen LogP contribution in [0.4, 0.5) is 8.78 Å². The fraction of sp³-hybridized carbons (Fsp3) is 0.615. The minimum Gasteiger partial charge on any atom is -0.345 e. The van der Waals surface area contributed by atoms with E-state index in [0.29, 0.717) is 10.8 Å². The fourth-order valence-corrected chi connectivity index (χ4v) is 3.31. The summed E-state index contributed by atoms with van der Waals surface area (Å²) in [6, 6.07) is 1.84. The molecule has 106 valence electrons. The second-order valence-electron chi connectivity index (χ2n) is 5.15. The van der Waals surface area contributed by atoms with Gasteiger partial charge in [0.2, 0.25) is 0 Å². The number of amides is 1. The summed E-state index contributed by atoms with van der Waals surface area (Å²) in [5, 5.41) is 2.25. The lowest BCUT2D eigenvalue weighted by Crippen LogP contribution is -2.41. The normalized spacial score (nSPS) is 19.1. The third kappa shape index (κ3) is 3.51. The van der Waals surface area contributed by atoms with Crippen molar-refractivity contribution in [1.29, 1.82) is 0 Å². The van der Waals surface area contributed by atoms with Gasteiger partial charge in [-0.25, -0.2) is 8.78 Å². The Bertz CT molecular complexity index is 473. The number of halogens is 2. The molecule has 0 radical (unpaired) electrons. The van der Waals surface area contributed by atoms with Gasteiger partial charge in [-0.05, 0) is 36.8 Å². The largest absolute Gasteiger partial charge is 0.345 e. The molecule has 0 aliphatic heterocycles. The molecular formula is C13H18F2N2OS. The Balaban J connectivity index is 2.01. The van der Waals surface area contributed by atoms with Gasteiger partial charge in [-0.15, -0.1) is 11.3 Å². The van der Waals surface area contributed by atoms with Crippen molar-refractivity contribution in [3.8, 4) is 0 Å². The molecule has 6 heteroatoms. The molecule has 0 fully saturated rings. The van der Waals surface area contributed by atoms with Crippen molar-refractivity contribution in [2.45, 2.75) is 32.1 Å². The molecule has 1 aromatic rings. The van der Waals surface area contributed by atoms with Crippen molar-refractivity contribution in [2.24, 2.45) is 11.7 Å². The van der Waals surface area contributed by atoms with Gasteiger partial charge < -0.3 is 11.1 Å². The molecule has 0 aromatic carbocycles. The molecule has 1 aliphatic rings. The lowest BCUT2D eigenvalue weighted by molar-refractivity contribution is 0.0119. The molecule has 3 nitrogen and oxygen atoms in total. The first kappa shape index (κ1) is 14.4. The van der Waals surface area contributed by atoms with Gasteiger partial charge in [-0.2, -0.15) is 0 Å². The van der Waals surface area contributed by atoms with Gasteiger partial charge in [0.25, 0.3) is 11.8 Å². The Labute approximate surface area is 115 Å². The van der Waals surface area contributed by atoms with Gasteiger partial charge in [0.15, 0.2) is 0 Å². The number of hydrogen-bond acceptors (Lipinski definition) is 3. The van der Waals surface area contributed by atoms with E-state index in [-0.39, 0.29) is 0 Å². The minimum atomic E-state index is -3.04. The smallest absolute Gasteiger partial charge is 0.277 e. The number of aryl methyl sites for hydroxylation is 1. The summed E-state index contributed by atoms with van der Waals surface area (Å²) in [4.78, 5) is 13.6. The van der Waals surface area contributed by atoms with Crippen LogP contribution in [0.3, 0.4) is 0 Å². The first-order valence-electron chi connectivity index (χ1n) is 6.39. The number of carbonyl (C=O) groups is 1. The summed E-state index contributed by atoms with van der Waals surface area (Å²) in [6.07, 6.45) is 3.07. The van der Waals surface area contributed by atoms with Crippen LogP contribution < -0.4 is 11.1 Å². The number of rotatable bonds is 4. The van der Waals surface area contributed by atoms with Crippen LogP contribution in [0.5, 0.6) is 0 Å². The van der Waals surface area contributed by atoms with Crippen molar-refractivity contribution in [1.82, 2.24) is 5.32 Å². The number of carbonyl (C=O) groups excluding carboxylic acids is 1. The zero-order valence-corrected chi connectivity index (χ0v) is 11.7. The zero-order valence-electron chi connectivity index (χ0n) is 10.8. The molecule has 0 saturated heterocycles. The third-order valence-corrected chi connectivity index (χ3v) is 4.60. The molecule has 1 aromatic heterocycles. The third-order valence-electron chi connectivity index (χ3n) is 3.36. The number of thiophene rings is 1. The van der Waals surface area contributed by atoms with Crippen molar-refractivity contribution in [3.05, 3.63) is 21.4 Å². The van der Waals surface area contributed by atoms with Gasteiger partial charge in [-0.3, -0.25) is 4.79 Å². The van der Waals surface area contributed by atoms with Crippen molar-refractivity contribution < 1.29 is 13.6 Å². The maximum absolute atomic E-state index is 13.0. The van der Waals surface area contributed by atoms with Crippen LogP contribution in [0.1, 0.15) is 33.5 Å². The predicted octanol–water partition coefficient (Wildman–Crippen LogP) is 2.20. The van der Waals surface area contributed by atoms with E-state index in [4.69, 9.17) is 5.73 Å². The molecular weight excluding hydrogens is 270 g/mol. The van der Waals surface area contributed by atoms with E-state index in [1.807, 2.05) is 6.07 Å². The van der Waals surface area contributed by atoms with Gasteiger partial charge in [0.05, 0.1) is 18.0 Å². The van der Waals surface area contributed by atoms with Gasteiger partial charge in [0.1, 0.15) is 0 Å². The Morgan fingerprint density at radius 1 is 1.63 bits per heavy atom. The molecule has 2 rings (SSSR count). The molecule has 1 aliphatic carbocycles. The fourth-order valence-electron chi connectivity index (χ4n) is 2.19. The molecule has 1 heterocycles. The van der Waals surface area contributed by atoms with Crippen LogP contribution in [0.15, 0.2) is 6.07 Å². The maximum Gasteiger partial charge on any atom is 0.277 e. The Morgan fingerprint density at radius 3 is 3.05 bits per heavy atom. The maximum atomic E-state index is 13.0. The van der Waals surface area contributed by atoms with E-state index in [1.54, 1.807) is 0 Å². The molecule has 1 unspecified atom stereocenters. The van der Waals surface area contributed by atoms with E-state index in [0.717, 1.165) is 19.3 Å². The lowest BCUT2D eigenvalue weighted by atomic mass is 9.90. The lowest BCUT2D eigenvalue weighted by Gasteiger charge is -2.16. The summed E-state index contributed by atoms with van der Waals surface area (Å²) in [6.45, 7) is 0.717. The standard InChI is InChI=1S/C13H18F2N2OS/c1-8-2-3-10-9(4-8)5-11(19-10)12(18)17-7-13(14,15)6-16/h5,8H,2-4,6-7,16H2,1H3,(H,17,18). The Morgan fingerprint density at radius 2 is 2.37 bits per heavy atom. The average molecular weight is 288 g/mol. The Kier molecular flexibility index (Phi) is 4.20. The quantitative estimate of drug-likeness (QED) is 0.892. The SMILES string of the molecule is CC1CCc2sc(C(=O)NCC(F)(F)CN)cc2C1. The molecule has 1 amide bonds.